The minimum absolute atomic E-state index is 0.0382. The summed E-state index contributed by atoms with van der Waals surface area (Å²) < 4.78 is 0. The van der Waals surface area contributed by atoms with Crippen LogP contribution in [0.5, 0.6) is 0 Å². The lowest BCUT2D eigenvalue weighted by atomic mass is 10.4. The van der Waals surface area contributed by atoms with E-state index in [9.17, 15) is 4.79 Å². The van der Waals surface area contributed by atoms with Crippen molar-refractivity contribution in [1.29, 1.82) is 5.41 Å². The van der Waals surface area contributed by atoms with Gasteiger partial charge in [0.1, 0.15) is 0 Å². The first-order valence-corrected chi connectivity index (χ1v) is 4.28. The van der Waals surface area contributed by atoms with Crippen molar-refractivity contribution in [2.24, 2.45) is 5.73 Å². The predicted molar refractivity (Wildman–Crippen MR) is 52.9 cm³/mol. The molecule has 0 atom stereocenters. The zero-order valence-corrected chi connectivity index (χ0v) is 8.50. The van der Waals surface area contributed by atoms with Crippen LogP contribution in [0.25, 0.3) is 0 Å². The Morgan fingerprint density at radius 2 is 1.92 bits per heavy atom. The maximum atomic E-state index is 11.4. The summed E-state index contributed by atoms with van der Waals surface area (Å²) in [5.41, 5.74) is 5.18. The summed E-state index contributed by atoms with van der Waals surface area (Å²) in [6.07, 6.45) is 0.430. The van der Waals surface area contributed by atoms with E-state index < -0.39 is 0 Å². The van der Waals surface area contributed by atoms with Gasteiger partial charge in [-0.2, -0.15) is 0 Å². The van der Waals surface area contributed by atoms with Crippen molar-refractivity contribution in [1.82, 2.24) is 9.80 Å². The molecule has 0 aromatic heterocycles. The maximum absolute atomic E-state index is 11.4. The molecule has 76 valence electrons. The SMILES string of the molecule is CCN(C)C(=O)N(C)CCC(=N)N. The fourth-order valence-electron chi connectivity index (χ4n) is 0.810. The molecule has 0 aromatic carbocycles. The maximum Gasteiger partial charge on any atom is 0.319 e. The molecule has 0 saturated heterocycles. The number of rotatable bonds is 4. The Hall–Kier alpha value is -1.26. The van der Waals surface area contributed by atoms with E-state index in [1.54, 1.807) is 23.9 Å². The molecule has 0 aliphatic heterocycles. The molecule has 0 bridgehead atoms. The van der Waals surface area contributed by atoms with Crippen LogP contribution in [0.2, 0.25) is 0 Å². The standard InChI is InChI=1S/C8H18N4O/c1-4-11(2)8(13)12(3)6-5-7(9)10/h4-6H2,1-3H3,(H3,9,10). The topological polar surface area (TPSA) is 73.4 Å². The number of nitrogens with zero attached hydrogens (tertiary/aromatic N) is 2. The highest BCUT2D eigenvalue weighted by Crippen LogP contribution is 1.94. The van der Waals surface area contributed by atoms with Crippen LogP contribution in [0.4, 0.5) is 4.79 Å². The molecule has 0 spiro atoms. The molecule has 0 saturated carbocycles. The van der Waals surface area contributed by atoms with Gasteiger partial charge in [-0.15, -0.1) is 0 Å². The number of hydrogen-bond acceptors (Lipinski definition) is 2. The number of carbonyl (C=O) groups excluding carboxylic acids is 1. The average Bonchev–Trinajstić information content (AvgIpc) is 2.11. The molecule has 0 aromatic rings. The second-order valence-corrected chi connectivity index (χ2v) is 2.99. The lowest BCUT2D eigenvalue weighted by Crippen LogP contribution is -2.39. The first-order valence-electron chi connectivity index (χ1n) is 4.28. The smallest absolute Gasteiger partial charge is 0.319 e. The van der Waals surface area contributed by atoms with Gasteiger partial charge in [0, 0.05) is 33.6 Å². The Bertz CT molecular complexity index is 193. The summed E-state index contributed by atoms with van der Waals surface area (Å²) >= 11 is 0. The monoisotopic (exact) mass is 186 g/mol. The van der Waals surface area contributed by atoms with Crippen LogP contribution in [0, 0.1) is 5.41 Å². The lowest BCUT2D eigenvalue weighted by molar-refractivity contribution is 0.176. The number of nitrogens with one attached hydrogen (secondary N) is 1. The Kier molecular flexibility index (Phi) is 4.87. The molecule has 0 fully saturated rings. The third-order valence-corrected chi connectivity index (χ3v) is 1.84. The van der Waals surface area contributed by atoms with Gasteiger partial charge < -0.3 is 15.5 Å². The molecule has 0 heterocycles. The molecule has 0 aliphatic rings. The fraction of sp³-hybridized carbons (Fsp3) is 0.750. The molecule has 2 amide bonds. The molecule has 5 heteroatoms. The van der Waals surface area contributed by atoms with Crippen LogP contribution in [0.3, 0.4) is 0 Å². The van der Waals surface area contributed by atoms with E-state index in [2.05, 4.69) is 0 Å². The number of nitrogens with two attached hydrogens (primary N) is 1. The molecule has 5 nitrogen and oxygen atoms in total. The summed E-state index contributed by atoms with van der Waals surface area (Å²) in [6, 6.07) is -0.0382. The predicted octanol–water partition coefficient (Wildman–Crippen LogP) is 0.316. The highest BCUT2D eigenvalue weighted by molar-refractivity contribution is 5.78. The van der Waals surface area contributed by atoms with Crippen molar-refractivity contribution in [3.63, 3.8) is 0 Å². The summed E-state index contributed by atoms with van der Waals surface area (Å²) in [4.78, 5) is 14.6. The van der Waals surface area contributed by atoms with E-state index in [4.69, 9.17) is 11.1 Å². The zero-order chi connectivity index (χ0) is 10.4. The molecule has 0 rings (SSSR count). The number of amidine groups is 1. The van der Waals surface area contributed by atoms with Crippen LogP contribution in [-0.2, 0) is 0 Å². The van der Waals surface area contributed by atoms with Crippen molar-refractivity contribution in [3.8, 4) is 0 Å². The largest absolute Gasteiger partial charge is 0.388 e. The van der Waals surface area contributed by atoms with E-state index in [1.807, 2.05) is 6.92 Å². The highest BCUT2D eigenvalue weighted by Gasteiger charge is 2.11. The van der Waals surface area contributed by atoms with Gasteiger partial charge in [0.25, 0.3) is 0 Å². The minimum Gasteiger partial charge on any atom is -0.388 e. The number of urea groups is 1. The fourth-order valence-corrected chi connectivity index (χ4v) is 0.810. The van der Waals surface area contributed by atoms with Gasteiger partial charge in [-0.1, -0.05) is 0 Å². The number of hydrogen-bond donors (Lipinski definition) is 2. The molecule has 0 unspecified atom stereocenters. The summed E-state index contributed by atoms with van der Waals surface area (Å²) in [5, 5.41) is 7.01. The van der Waals surface area contributed by atoms with Gasteiger partial charge in [0.15, 0.2) is 0 Å². The van der Waals surface area contributed by atoms with E-state index in [-0.39, 0.29) is 11.9 Å². The van der Waals surface area contributed by atoms with Gasteiger partial charge in [0.05, 0.1) is 5.84 Å². The molecular weight excluding hydrogens is 168 g/mol. The molecule has 13 heavy (non-hydrogen) atoms. The Morgan fingerprint density at radius 1 is 1.38 bits per heavy atom. The first-order chi connectivity index (χ1) is 5.99. The van der Waals surface area contributed by atoms with Crippen molar-refractivity contribution in [2.75, 3.05) is 27.2 Å². The van der Waals surface area contributed by atoms with Crippen LogP contribution in [-0.4, -0.2) is 48.9 Å². The third-order valence-electron chi connectivity index (χ3n) is 1.84. The quantitative estimate of drug-likeness (QED) is 0.490. The average molecular weight is 186 g/mol. The van der Waals surface area contributed by atoms with Gasteiger partial charge in [-0.3, -0.25) is 5.41 Å². The van der Waals surface area contributed by atoms with Crippen LogP contribution in [0.15, 0.2) is 0 Å². The molecule has 0 aliphatic carbocycles. The second kappa shape index (κ2) is 5.40. The second-order valence-electron chi connectivity index (χ2n) is 2.99. The number of carbonyl (C=O) groups is 1. The molecular formula is C8H18N4O. The van der Waals surface area contributed by atoms with Gasteiger partial charge >= 0.3 is 6.03 Å². The van der Waals surface area contributed by atoms with Crippen LogP contribution in [0.1, 0.15) is 13.3 Å². The Morgan fingerprint density at radius 3 is 2.31 bits per heavy atom. The van der Waals surface area contributed by atoms with Crippen molar-refractivity contribution < 1.29 is 4.79 Å². The number of amides is 2. The van der Waals surface area contributed by atoms with Crippen LogP contribution < -0.4 is 5.73 Å². The van der Waals surface area contributed by atoms with E-state index >= 15 is 0 Å². The molecule has 0 radical (unpaired) electrons. The van der Waals surface area contributed by atoms with Crippen molar-refractivity contribution >= 4 is 11.9 Å². The van der Waals surface area contributed by atoms with E-state index in [1.165, 1.54) is 0 Å². The minimum atomic E-state index is -0.0382. The molecule has 3 N–H and O–H groups in total. The zero-order valence-electron chi connectivity index (χ0n) is 8.50. The Balaban J connectivity index is 3.89. The third kappa shape index (κ3) is 4.35. The lowest BCUT2D eigenvalue weighted by Gasteiger charge is -2.23. The Labute approximate surface area is 79.0 Å². The van der Waals surface area contributed by atoms with E-state index in [0.717, 1.165) is 0 Å². The van der Waals surface area contributed by atoms with Gasteiger partial charge in [-0.05, 0) is 6.92 Å². The van der Waals surface area contributed by atoms with Gasteiger partial charge in [0.2, 0.25) is 0 Å². The summed E-state index contributed by atoms with van der Waals surface area (Å²) in [5.74, 6) is 0.110. The van der Waals surface area contributed by atoms with Gasteiger partial charge in [-0.25, -0.2) is 4.79 Å². The first kappa shape index (κ1) is 11.7. The summed E-state index contributed by atoms with van der Waals surface area (Å²) in [6.45, 7) is 3.10. The van der Waals surface area contributed by atoms with E-state index in [0.29, 0.717) is 19.5 Å². The summed E-state index contributed by atoms with van der Waals surface area (Å²) in [7, 11) is 3.45. The highest BCUT2D eigenvalue weighted by atomic mass is 16.2. The van der Waals surface area contributed by atoms with Crippen LogP contribution >= 0.6 is 0 Å². The van der Waals surface area contributed by atoms with Crippen molar-refractivity contribution in [2.45, 2.75) is 13.3 Å². The van der Waals surface area contributed by atoms with Crippen molar-refractivity contribution in [3.05, 3.63) is 0 Å². The normalized spacial score (nSPS) is 9.46.